The topological polar surface area (TPSA) is 76.4 Å². The first-order valence-corrected chi connectivity index (χ1v) is 10.5. The van der Waals surface area contributed by atoms with Gasteiger partial charge in [0, 0.05) is 29.2 Å². The lowest BCUT2D eigenvalue weighted by molar-refractivity contribution is -0.116. The average molecular weight is 415 g/mol. The molecule has 1 unspecified atom stereocenters. The fourth-order valence-electron chi connectivity index (χ4n) is 4.77. The van der Waals surface area contributed by atoms with Gasteiger partial charge in [0.1, 0.15) is 5.82 Å². The number of phenols is 1. The summed E-state index contributed by atoms with van der Waals surface area (Å²) in [5.41, 5.74) is 6.67. The SMILES string of the molecule is COc1cc(C2C3=C(CCCC3=O)Nc3c2c(C)nn3-c2cccc(C)c2)ccc1O. The number of aromatic nitrogens is 2. The molecule has 0 saturated carbocycles. The molecule has 3 aromatic rings. The molecule has 2 aromatic carbocycles. The lowest BCUT2D eigenvalue weighted by Crippen LogP contribution is -2.27. The third kappa shape index (κ3) is 3.10. The largest absolute Gasteiger partial charge is 0.504 e. The third-order valence-corrected chi connectivity index (χ3v) is 6.19. The summed E-state index contributed by atoms with van der Waals surface area (Å²) >= 11 is 0. The second kappa shape index (κ2) is 7.30. The van der Waals surface area contributed by atoms with Gasteiger partial charge in [-0.2, -0.15) is 5.10 Å². The van der Waals surface area contributed by atoms with Gasteiger partial charge in [-0.05, 0) is 62.1 Å². The van der Waals surface area contributed by atoms with Gasteiger partial charge in [-0.25, -0.2) is 4.68 Å². The molecule has 0 radical (unpaired) electrons. The van der Waals surface area contributed by atoms with Crippen molar-refractivity contribution in [3.63, 3.8) is 0 Å². The van der Waals surface area contributed by atoms with E-state index < -0.39 is 0 Å². The first kappa shape index (κ1) is 19.4. The Bertz CT molecular complexity index is 1240. The summed E-state index contributed by atoms with van der Waals surface area (Å²) in [4.78, 5) is 13.1. The molecule has 1 aliphatic heterocycles. The van der Waals surface area contributed by atoms with E-state index in [9.17, 15) is 9.90 Å². The van der Waals surface area contributed by atoms with Crippen LogP contribution in [0.15, 0.2) is 53.7 Å². The summed E-state index contributed by atoms with van der Waals surface area (Å²) in [6.45, 7) is 4.04. The molecule has 0 spiro atoms. The lowest BCUT2D eigenvalue weighted by atomic mass is 9.76. The Balaban J connectivity index is 1.76. The highest BCUT2D eigenvalue weighted by molar-refractivity contribution is 6.01. The number of Topliss-reactive ketones (excluding diaryl/α,β-unsaturated/α-hetero) is 1. The van der Waals surface area contributed by atoms with E-state index in [2.05, 4.69) is 24.4 Å². The predicted molar refractivity (Wildman–Crippen MR) is 119 cm³/mol. The highest BCUT2D eigenvalue weighted by Gasteiger charge is 2.39. The Morgan fingerprint density at radius 3 is 2.77 bits per heavy atom. The Hall–Kier alpha value is -3.54. The van der Waals surface area contributed by atoms with E-state index in [-0.39, 0.29) is 17.5 Å². The highest BCUT2D eigenvalue weighted by atomic mass is 16.5. The molecular weight excluding hydrogens is 390 g/mol. The van der Waals surface area contributed by atoms with E-state index >= 15 is 0 Å². The summed E-state index contributed by atoms with van der Waals surface area (Å²) in [5.74, 6) is 1.28. The number of carbonyl (C=O) groups is 1. The van der Waals surface area contributed by atoms with Crippen LogP contribution >= 0.6 is 0 Å². The minimum absolute atomic E-state index is 0.0803. The van der Waals surface area contributed by atoms with E-state index in [4.69, 9.17) is 9.84 Å². The van der Waals surface area contributed by atoms with Gasteiger partial charge in [0.05, 0.1) is 18.5 Å². The Labute approximate surface area is 181 Å². The molecule has 31 heavy (non-hydrogen) atoms. The van der Waals surface area contributed by atoms with Crippen molar-refractivity contribution in [2.75, 3.05) is 12.4 Å². The van der Waals surface area contributed by atoms with Crippen molar-refractivity contribution in [2.45, 2.75) is 39.0 Å². The number of anilines is 1. The number of fused-ring (bicyclic) bond motifs is 1. The lowest BCUT2D eigenvalue weighted by Gasteiger charge is -2.33. The predicted octanol–water partition coefficient (Wildman–Crippen LogP) is 4.77. The molecular formula is C25H25N3O3. The molecule has 2 N–H and O–H groups in total. The van der Waals surface area contributed by atoms with Crippen molar-refractivity contribution in [3.05, 3.63) is 76.1 Å². The van der Waals surface area contributed by atoms with Crippen molar-refractivity contribution < 1.29 is 14.6 Å². The second-order valence-electron chi connectivity index (χ2n) is 8.26. The number of phenolic OH excluding ortho intramolecular Hbond substituents is 1. The maximum absolute atomic E-state index is 13.1. The zero-order valence-corrected chi connectivity index (χ0v) is 17.9. The maximum atomic E-state index is 13.1. The summed E-state index contributed by atoms with van der Waals surface area (Å²) in [6.07, 6.45) is 2.21. The number of aryl methyl sites for hydroxylation is 2. The van der Waals surface area contributed by atoms with Crippen LogP contribution in [0.4, 0.5) is 5.82 Å². The molecule has 0 saturated heterocycles. The van der Waals surface area contributed by atoms with Crippen LogP contribution in [-0.4, -0.2) is 27.8 Å². The van der Waals surface area contributed by atoms with Gasteiger partial charge in [-0.3, -0.25) is 4.79 Å². The number of carbonyl (C=O) groups excluding carboxylic acids is 1. The molecule has 5 rings (SSSR count). The molecule has 2 aliphatic rings. The zero-order valence-electron chi connectivity index (χ0n) is 17.9. The van der Waals surface area contributed by atoms with Crippen LogP contribution in [0.1, 0.15) is 47.6 Å². The van der Waals surface area contributed by atoms with Gasteiger partial charge in [0.25, 0.3) is 0 Å². The highest BCUT2D eigenvalue weighted by Crippen LogP contribution is 2.48. The van der Waals surface area contributed by atoms with Crippen LogP contribution in [0, 0.1) is 13.8 Å². The summed E-state index contributed by atoms with van der Waals surface area (Å²) < 4.78 is 7.29. The van der Waals surface area contributed by atoms with Crippen molar-refractivity contribution in [1.29, 1.82) is 0 Å². The first-order chi connectivity index (χ1) is 15.0. The van der Waals surface area contributed by atoms with Crippen molar-refractivity contribution >= 4 is 11.6 Å². The smallest absolute Gasteiger partial charge is 0.161 e. The molecule has 6 nitrogen and oxygen atoms in total. The monoisotopic (exact) mass is 415 g/mol. The number of rotatable bonds is 3. The number of benzene rings is 2. The Morgan fingerprint density at radius 2 is 2.00 bits per heavy atom. The normalized spacial score (nSPS) is 17.8. The molecule has 1 aliphatic carbocycles. The summed E-state index contributed by atoms with van der Waals surface area (Å²) in [6, 6.07) is 13.5. The van der Waals surface area contributed by atoms with Gasteiger partial charge in [0.15, 0.2) is 17.3 Å². The number of allylic oxidation sites excluding steroid dienone is 2. The van der Waals surface area contributed by atoms with E-state index in [0.717, 1.165) is 58.0 Å². The van der Waals surface area contributed by atoms with Crippen molar-refractivity contribution in [3.8, 4) is 17.2 Å². The molecule has 0 bridgehead atoms. The minimum Gasteiger partial charge on any atom is -0.504 e. The van der Waals surface area contributed by atoms with Crippen molar-refractivity contribution in [2.24, 2.45) is 0 Å². The van der Waals surface area contributed by atoms with Gasteiger partial charge in [0.2, 0.25) is 0 Å². The van der Waals surface area contributed by atoms with Crippen LogP contribution in [-0.2, 0) is 4.79 Å². The molecule has 1 atom stereocenters. The Morgan fingerprint density at radius 1 is 1.16 bits per heavy atom. The van der Waals surface area contributed by atoms with Crippen LogP contribution in [0.3, 0.4) is 0 Å². The van der Waals surface area contributed by atoms with Gasteiger partial charge in [-0.1, -0.05) is 18.2 Å². The van der Waals surface area contributed by atoms with Crippen LogP contribution < -0.4 is 10.1 Å². The molecule has 0 fully saturated rings. The number of nitrogens with one attached hydrogen (secondary N) is 1. The van der Waals surface area contributed by atoms with E-state index in [1.165, 1.54) is 7.11 Å². The molecule has 0 amide bonds. The number of methoxy groups -OCH3 is 1. The number of hydrogen-bond acceptors (Lipinski definition) is 5. The second-order valence-corrected chi connectivity index (χ2v) is 8.26. The zero-order chi connectivity index (χ0) is 21.7. The molecule has 1 aromatic heterocycles. The number of hydrogen-bond donors (Lipinski definition) is 2. The average Bonchev–Trinajstić information content (AvgIpc) is 3.09. The quantitative estimate of drug-likeness (QED) is 0.645. The van der Waals surface area contributed by atoms with E-state index in [1.54, 1.807) is 6.07 Å². The first-order valence-electron chi connectivity index (χ1n) is 10.5. The molecule has 6 heteroatoms. The fourth-order valence-corrected chi connectivity index (χ4v) is 4.77. The third-order valence-electron chi connectivity index (χ3n) is 6.19. The fraction of sp³-hybridized carbons (Fsp3) is 0.280. The van der Waals surface area contributed by atoms with Crippen LogP contribution in [0.25, 0.3) is 5.69 Å². The number of aromatic hydroxyl groups is 1. The van der Waals surface area contributed by atoms with Crippen LogP contribution in [0.5, 0.6) is 11.5 Å². The number of ketones is 1. The maximum Gasteiger partial charge on any atom is 0.161 e. The van der Waals surface area contributed by atoms with Gasteiger partial charge < -0.3 is 15.2 Å². The summed E-state index contributed by atoms with van der Waals surface area (Å²) in [7, 11) is 1.53. The van der Waals surface area contributed by atoms with E-state index in [1.807, 2.05) is 35.9 Å². The van der Waals surface area contributed by atoms with Crippen LogP contribution in [0.2, 0.25) is 0 Å². The van der Waals surface area contributed by atoms with Gasteiger partial charge >= 0.3 is 0 Å². The standard InChI is InChI=1S/C25H25N3O3/c1-14-6-4-7-17(12-14)28-25-22(15(2)27-28)23(16-10-11-19(29)21(13-16)31-3)24-18(26-25)8-5-9-20(24)30/h4,6-7,10-13,23,26,29H,5,8-9H2,1-3H3. The Kier molecular flexibility index (Phi) is 4.58. The van der Waals surface area contributed by atoms with Gasteiger partial charge in [-0.15, -0.1) is 0 Å². The van der Waals surface area contributed by atoms with Crippen molar-refractivity contribution in [1.82, 2.24) is 9.78 Å². The number of nitrogens with zero attached hydrogens (tertiary/aromatic N) is 2. The van der Waals surface area contributed by atoms with E-state index in [0.29, 0.717) is 12.2 Å². The molecule has 158 valence electrons. The summed E-state index contributed by atoms with van der Waals surface area (Å²) in [5, 5.41) is 18.5. The number of ether oxygens (including phenoxy) is 1. The molecule has 2 heterocycles. The minimum atomic E-state index is -0.257.